The number of hydrogen-bond acceptors (Lipinski definition) is 12. The smallest absolute Gasteiger partial charge is 0.343 e. The number of carbonyl (C=O) groups excluding carboxylic acids is 4. The van der Waals surface area contributed by atoms with Gasteiger partial charge in [-0.3, -0.25) is 24.5 Å². The summed E-state index contributed by atoms with van der Waals surface area (Å²) in [6.07, 6.45) is 0.797. The second-order valence-corrected chi connectivity index (χ2v) is 15.3. The molecule has 7 rings (SSSR count). The van der Waals surface area contributed by atoms with Crippen LogP contribution in [0.1, 0.15) is 70.0 Å². The van der Waals surface area contributed by atoms with Gasteiger partial charge in [0.2, 0.25) is 5.91 Å². The van der Waals surface area contributed by atoms with Gasteiger partial charge in [-0.2, -0.15) is 0 Å². The van der Waals surface area contributed by atoms with Crippen LogP contribution in [0.15, 0.2) is 72.8 Å². The molecule has 274 valence electrons. The first-order chi connectivity index (χ1) is 25.3. The zero-order valence-electron chi connectivity index (χ0n) is 29.7. The number of hydrogen-bond donors (Lipinski definition) is 0. The number of imide groups is 1. The normalized spacial score (nSPS) is 20.9. The molecule has 2 fully saturated rings. The molecule has 1 aromatic heterocycles. The molecule has 2 amide bonds. The molecule has 4 aromatic rings. The molecule has 13 nitrogen and oxygen atoms in total. The van der Waals surface area contributed by atoms with Gasteiger partial charge in [0, 0.05) is 17.0 Å². The zero-order chi connectivity index (χ0) is 37.8. The van der Waals surface area contributed by atoms with Crippen LogP contribution < -0.4 is 19.4 Å². The van der Waals surface area contributed by atoms with Crippen molar-refractivity contribution in [3.05, 3.63) is 110 Å². The number of rotatable bonds is 8. The first-order valence-corrected chi connectivity index (χ1v) is 17.9. The number of hydroxylamine groups is 1. The van der Waals surface area contributed by atoms with Crippen molar-refractivity contribution >= 4 is 51.5 Å². The Hall–Kier alpha value is -5.60. The van der Waals surface area contributed by atoms with Crippen molar-refractivity contribution in [1.82, 2.24) is 0 Å². The van der Waals surface area contributed by atoms with Crippen LogP contribution in [0.2, 0.25) is 0 Å². The SMILES string of the molecule is COC(=O)c1c(N2C(=O)[C@@H]3[C@H](ON(c4cccc([N+](=O)[O-])c4)[C@H]3c3ccc(OC(=O)c4ccccc4)c(OC)c3)C2=O)sc2c1CC[C@H](C(C)(C)C)C2. The van der Waals surface area contributed by atoms with Crippen molar-refractivity contribution in [2.24, 2.45) is 17.3 Å². The Bertz CT molecular complexity index is 2140. The monoisotopic (exact) mass is 739 g/mol. The van der Waals surface area contributed by atoms with E-state index in [0.29, 0.717) is 29.9 Å². The fourth-order valence-electron chi connectivity index (χ4n) is 7.39. The standard InChI is InChI=1S/C39H37N3O10S/c1-39(2,3)23-15-16-26-29(19-23)53-36(30(26)38(46)50-5)40-34(43)31-32(41(52-33(31)35(40)44)24-12-9-13-25(20-24)42(47)48)22-14-17-27(28(18-22)49-4)51-37(45)21-10-7-6-8-11-21/h6-14,17-18,20,23,31-33H,15-16,19H2,1-5H3/t23-,31-,32-,33-/m0/s1. The number of non-ortho nitro benzene ring substituents is 1. The Morgan fingerprint density at radius 2 is 1.70 bits per heavy atom. The van der Waals surface area contributed by atoms with Crippen molar-refractivity contribution in [2.75, 3.05) is 24.2 Å². The van der Waals surface area contributed by atoms with Crippen LogP contribution >= 0.6 is 11.3 Å². The average Bonchev–Trinajstić information content (AvgIpc) is 3.80. The van der Waals surface area contributed by atoms with Crippen molar-refractivity contribution in [1.29, 1.82) is 0 Å². The first-order valence-electron chi connectivity index (χ1n) is 17.1. The van der Waals surface area contributed by atoms with E-state index in [9.17, 15) is 29.3 Å². The highest BCUT2D eigenvalue weighted by Crippen LogP contribution is 2.52. The van der Waals surface area contributed by atoms with E-state index < -0.39 is 46.7 Å². The van der Waals surface area contributed by atoms with Crippen molar-refractivity contribution in [3.8, 4) is 11.5 Å². The summed E-state index contributed by atoms with van der Waals surface area (Å²) in [6.45, 7) is 6.52. The minimum Gasteiger partial charge on any atom is -0.493 e. The highest BCUT2D eigenvalue weighted by Gasteiger charge is 2.61. The molecule has 2 saturated heterocycles. The fourth-order valence-corrected chi connectivity index (χ4v) is 8.81. The lowest BCUT2D eigenvalue weighted by molar-refractivity contribution is -0.384. The van der Waals surface area contributed by atoms with E-state index >= 15 is 0 Å². The number of nitro groups is 1. The molecule has 0 saturated carbocycles. The number of benzene rings is 3. The molecular formula is C39H37N3O10S. The lowest BCUT2D eigenvalue weighted by Gasteiger charge is -2.33. The van der Waals surface area contributed by atoms with Crippen LogP contribution in [0.3, 0.4) is 0 Å². The Morgan fingerprint density at radius 3 is 2.38 bits per heavy atom. The van der Waals surface area contributed by atoms with E-state index in [-0.39, 0.29) is 38.9 Å². The van der Waals surface area contributed by atoms with Gasteiger partial charge in [0.25, 0.3) is 11.6 Å². The van der Waals surface area contributed by atoms with Crippen molar-refractivity contribution < 1.29 is 43.1 Å². The minimum atomic E-state index is -1.33. The Morgan fingerprint density at radius 1 is 0.943 bits per heavy atom. The molecule has 0 bridgehead atoms. The molecular weight excluding hydrogens is 703 g/mol. The van der Waals surface area contributed by atoms with Gasteiger partial charge in [-0.25, -0.2) is 19.6 Å². The highest BCUT2D eigenvalue weighted by molar-refractivity contribution is 7.17. The number of carbonyl (C=O) groups is 4. The van der Waals surface area contributed by atoms with Gasteiger partial charge in [-0.15, -0.1) is 11.3 Å². The molecule has 2 aliphatic heterocycles. The summed E-state index contributed by atoms with van der Waals surface area (Å²) >= 11 is 1.25. The third kappa shape index (κ3) is 6.31. The second-order valence-electron chi connectivity index (χ2n) is 14.3. The van der Waals surface area contributed by atoms with Gasteiger partial charge in [-0.1, -0.05) is 51.1 Å². The lowest BCUT2D eigenvalue weighted by atomic mass is 9.72. The maximum atomic E-state index is 14.7. The van der Waals surface area contributed by atoms with Crippen molar-refractivity contribution in [3.63, 3.8) is 0 Å². The molecule has 3 aliphatic rings. The predicted molar refractivity (Wildman–Crippen MR) is 194 cm³/mol. The van der Waals surface area contributed by atoms with E-state index in [0.717, 1.165) is 21.8 Å². The third-order valence-corrected chi connectivity index (χ3v) is 11.5. The number of amides is 2. The van der Waals surface area contributed by atoms with E-state index in [1.54, 1.807) is 48.5 Å². The molecule has 14 heteroatoms. The lowest BCUT2D eigenvalue weighted by Crippen LogP contribution is -2.37. The van der Waals surface area contributed by atoms with Gasteiger partial charge in [0.1, 0.15) is 10.9 Å². The zero-order valence-corrected chi connectivity index (χ0v) is 30.5. The van der Waals surface area contributed by atoms with Crippen LogP contribution in [0.5, 0.6) is 11.5 Å². The van der Waals surface area contributed by atoms with Gasteiger partial charge in [-0.05, 0) is 72.1 Å². The predicted octanol–water partition coefficient (Wildman–Crippen LogP) is 6.87. The van der Waals surface area contributed by atoms with E-state index in [1.807, 2.05) is 0 Å². The summed E-state index contributed by atoms with van der Waals surface area (Å²) in [5.74, 6) is -3.06. The van der Waals surface area contributed by atoms with Gasteiger partial charge >= 0.3 is 11.9 Å². The molecule has 0 spiro atoms. The molecule has 0 radical (unpaired) electrons. The molecule has 53 heavy (non-hydrogen) atoms. The molecule has 3 heterocycles. The summed E-state index contributed by atoms with van der Waals surface area (Å²) in [4.78, 5) is 74.8. The largest absolute Gasteiger partial charge is 0.493 e. The van der Waals surface area contributed by atoms with E-state index in [2.05, 4.69) is 20.8 Å². The summed E-state index contributed by atoms with van der Waals surface area (Å²) in [5, 5.41) is 13.3. The summed E-state index contributed by atoms with van der Waals surface area (Å²) in [5.41, 5.74) is 1.79. The Labute approximate surface area is 309 Å². The van der Waals surface area contributed by atoms with Gasteiger partial charge in [0.15, 0.2) is 17.6 Å². The number of nitro benzene ring substituents is 1. The third-order valence-electron chi connectivity index (χ3n) is 10.2. The van der Waals surface area contributed by atoms with Gasteiger partial charge < -0.3 is 14.2 Å². The summed E-state index contributed by atoms with van der Waals surface area (Å²) < 4.78 is 16.5. The molecule has 0 N–H and O–H groups in total. The number of ether oxygens (including phenoxy) is 3. The van der Waals surface area contributed by atoms with E-state index in [1.165, 1.54) is 54.9 Å². The molecule has 1 aliphatic carbocycles. The molecule has 4 atom stereocenters. The summed E-state index contributed by atoms with van der Waals surface area (Å²) in [7, 11) is 2.66. The van der Waals surface area contributed by atoms with Crippen LogP contribution in [0.4, 0.5) is 16.4 Å². The van der Waals surface area contributed by atoms with Crippen LogP contribution in [-0.2, 0) is 32.0 Å². The molecule has 0 unspecified atom stereocenters. The second kappa shape index (κ2) is 13.7. The number of methoxy groups -OCH3 is 2. The quantitative estimate of drug-likeness (QED) is 0.0611. The Balaban J connectivity index is 1.30. The Kier molecular flexibility index (Phi) is 9.28. The minimum absolute atomic E-state index is 0.0110. The maximum Gasteiger partial charge on any atom is 0.343 e. The number of fused-ring (bicyclic) bond motifs is 2. The number of nitrogens with zero attached hydrogens (tertiary/aromatic N) is 3. The number of esters is 2. The van der Waals surface area contributed by atoms with E-state index in [4.69, 9.17) is 19.0 Å². The topological polar surface area (TPSA) is 155 Å². The highest BCUT2D eigenvalue weighted by atomic mass is 32.1. The fraction of sp³-hybridized carbons (Fsp3) is 0.333. The van der Waals surface area contributed by atoms with Crippen LogP contribution in [-0.4, -0.2) is 49.0 Å². The van der Waals surface area contributed by atoms with Crippen molar-refractivity contribution in [2.45, 2.75) is 52.2 Å². The maximum absolute atomic E-state index is 14.7. The number of anilines is 2. The average molecular weight is 740 g/mol. The van der Waals surface area contributed by atoms with Gasteiger partial charge in [0.05, 0.1) is 42.0 Å². The molecule has 3 aromatic carbocycles. The first kappa shape index (κ1) is 35.8. The number of thiophene rings is 1. The summed E-state index contributed by atoms with van der Waals surface area (Å²) in [6, 6.07) is 17.8. The van der Waals surface area contributed by atoms with Crippen LogP contribution in [0, 0.1) is 27.4 Å². The van der Waals surface area contributed by atoms with Crippen LogP contribution in [0.25, 0.3) is 0 Å².